The Kier molecular flexibility index (Phi) is 6.33. The van der Waals surface area contributed by atoms with Gasteiger partial charge >= 0.3 is 6.18 Å². The third kappa shape index (κ3) is 5.32. The molecule has 1 aliphatic rings. The number of pyridine rings is 1. The molecule has 3 N–H and O–H groups in total. The molecule has 0 unspecified atom stereocenters. The third-order valence-electron chi connectivity index (χ3n) is 5.31. The second-order valence-electron chi connectivity index (χ2n) is 7.60. The Balaban J connectivity index is 1.54. The summed E-state index contributed by atoms with van der Waals surface area (Å²) in [6.45, 7) is 1.93. The maximum absolute atomic E-state index is 12.3. The molecule has 0 radical (unpaired) electrons. The highest BCUT2D eigenvalue weighted by molar-refractivity contribution is 5.94. The lowest BCUT2D eigenvalue weighted by atomic mass is 10.1. The van der Waals surface area contributed by atoms with Crippen molar-refractivity contribution in [3.05, 3.63) is 59.8 Å². The molecule has 0 atom stereocenters. The number of aromatic nitrogens is 2. The number of carbonyl (C=O) groups excluding carboxylic acids is 1. The number of nitriles is 1. The van der Waals surface area contributed by atoms with Crippen molar-refractivity contribution in [1.82, 2.24) is 20.6 Å². The Labute approximate surface area is 188 Å². The van der Waals surface area contributed by atoms with Crippen molar-refractivity contribution in [2.24, 2.45) is 0 Å². The maximum Gasteiger partial charge on any atom is 0.405 e. The monoisotopic (exact) mass is 454 g/mol. The highest BCUT2D eigenvalue weighted by Crippen LogP contribution is 2.29. The SMILES string of the molecule is N#Cc1cc(-c2ccnc(-c3ccc(C(=O)NCC(F)(F)F)cc3)c2)[nH]c1N1CCNCC1. The lowest BCUT2D eigenvalue weighted by Gasteiger charge is -2.28. The quantitative estimate of drug-likeness (QED) is 0.550. The number of anilines is 1. The van der Waals surface area contributed by atoms with Gasteiger partial charge in [-0.3, -0.25) is 9.78 Å². The van der Waals surface area contributed by atoms with Crippen LogP contribution in [0.15, 0.2) is 48.7 Å². The van der Waals surface area contributed by atoms with E-state index < -0.39 is 18.6 Å². The molecule has 1 aliphatic heterocycles. The lowest BCUT2D eigenvalue weighted by molar-refractivity contribution is -0.123. The molecule has 10 heteroatoms. The van der Waals surface area contributed by atoms with Crippen LogP contribution >= 0.6 is 0 Å². The van der Waals surface area contributed by atoms with Gasteiger partial charge in [-0.1, -0.05) is 12.1 Å². The molecule has 0 bridgehead atoms. The van der Waals surface area contributed by atoms with Crippen LogP contribution in [0.2, 0.25) is 0 Å². The minimum atomic E-state index is -4.46. The summed E-state index contributed by atoms with van der Waals surface area (Å²) in [5.74, 6) is -0.00182. The van der Waals surface area contributed by atoms with Crippen molar-refractivity contribution >= 4 is 11.7 Å². The van der Waals surface area contributed by atoms with Crippen LogP contribution in [0, 0.1) is 11.3 Å². The van der Waals surface area contributed by atoms with Crippen LogP contribution in [0.1, 0.15) is 15.9 Å². The van der Waals surface area contributed by atoms with Crippen molar-refractivity contribution in [1.29, 1.82) is 5.26 Å². The Morgan fingerprint density at radius 3 is 2.52 bits per heavy atom. The number of piperazine rings is 1. The molecule has 1 aromatic carbocycles. The molecule has 0 saturated carbocycles. The Hall–Kier alpha value is -3.84. The third-order valence-corrected chi connectivity index (χ3v) is 5.31. The average molecular weight is 454 g/mol. The Morgan fingerprint density at radius 2 is 1.85 bits per heavy atom. The van der Waals surface area contributed by atoms with Crippen LogP contribution in [-0.2, 0) is 0 Å². The number of aromatic amines is 1. The molecule has 33 heavy (non-hydrogen) atoms. The smallest absolute Gasteiger partial charge is 0.355 e. The molecule has 7 nitrogen and oxygen atoms in total. The summed E-state index contributed by atoms with van der Waals surface area (Å²) in [6.07, 6.45) is -2.82. The number of carbonyl (C=O) groups is 1. The maximum atomic E-state index is 12.3. The summed E-state index contributed by atoms with van der Waals surface area (Å²) in [5, 5.41) is 14.7. The van der Waals surface area contributed by atoms with E-state index >= 15 is 0 Å². The minimum absolute atomic E-state index is 0.128. The van der Waals surface area contributed by atoms with E-state index in [9.17, 15) is 23.2 Å². The van der Waals surface area contributed by atoms with Crippen molar-refractivity contribution < 1.29 is 18.0 Å². The first-order chi connectivity index (χ1) is 15.8. The van der Waals surface area contributed by atoms with Gasteiger partial charge in [0.15, 0.2) is 0 Å². The van der Waals surface area contributed by atoms with E-state index in [0.717, 1.165) is 43.3 Å². The average Bonchev–Trinajstić information content (AvgIpc) is 3.27. The largest absolute Gasteiger partial charge is 0.405 e. The van der Waals surface area contributed by atoms with Gasteiger partial charge < -0.3 is 20.5 Å². The van der Waals surface area contributed by atoms with Crippen molar-refractivity contribution in [2.45, 2.75) is 6.18 Å². The van der Waals surface area contributed by atoms with Crippen LogP contribution in [0.3, 0.4) is 0 Å². The van der Waals surface area contributed by atoms with Crippen molar-refractivity contribution in [3.63, 3.8) is 0 Å². The van der Waals surface area contributed by atoms with Gasteiger partial charge in [-0.05, 0) is 30.3 Å². The fourth-order valence-electron chi connectivity index (χ4n) is 3.65. The van der Waals surface area contributed by atoms with E-state index in [1.54, 1.807) is 18.3 Å². The molecule has 0 spiro atoms. The van der Waals surface area contributed by atoms with E-state index in [-0.39, 0.29) is 5.56 Å². The predicted molar refractivity (Wildman–Crippen MR) is 118 cm³/mol. The number of alkyl halides is 3. The second kappa shape index (κ2) is 9.34. The first-order valence-electron chi connectivity index (χ1n) is 10.3. The molecule has 170 valence electrons. The molecular weight excluding hydrogens is 433 g/mol. The van der Waals surface area contributed by atoms with Gasteiger partial charge in [0.1, 0.15) is 18.4 Å². The van der Waals surface area contributed by atoms with E-state index in [0.29, 0.717) is 16.8 Å². The molecule has 3 heterocycles. The predicted octanol–water partition coefficient (Wildman–Crippen LogP) is 3.32. The zero-order chi connectivity index (χ0) is 23.4. The fraction of sp³-hybridized carbons (Fsp3) is 0.261. The number of nitrogens with one attached hydrogen (secondary N) is 3. The van der Waals surface area contributed by atoms with Gasteiger partial charge in [-0.2, -0.15) is 18.4 Å². The van der Waals surface area contributed by atoms with Gasteiger partial charge in [0, 0.05) is 54.8 Å². The minimum Gasteiger partial charge on any atom is -0.355 e. The van der Waals surface area contributed by atoms with Crippen LogP contribution in [0.5, 0.6) is 0 Å². The Bertz CT molecular complexity index is 1170. The van der Waals surface area contributed by atoms with Crippen molar-refractivity contribution in [2.75, 3.05) is 37.6 Å². The zero-order valence-electron chi connectivity index (χ0n) is 17.5. The van der Waals surface area contributed by atoms with E-state index in [1.807, 2.05) is 23.5 Å². The van der Waals surface area contributed by atoms with Gasteiger partial charge in [-0.15, -0.1) is 0 Å². The summed E-state index contributed by atoms with van der Waals surface area (Å²) < 4.78 is 36.9. The number of rotatable bonds is 5. The Morgan fingerprint density at radius 1 is 1.12 bits per heavy atom. The standard InChI is InChI=1S/C23H21F3N6O/c24-23(25,26)14-30-22(33)16-3-1-15(2-4-16)19-11-17(5-6-29-19)20-12-18(13-27)21(31-20)32-9-7-28-8-10-32/h1-6,11-12,28,31H,7-10,14H2,(H,30,33). The number of amides is 1. The van der Waals surface area contributed by atoms with Gasteiger partial charge in [0.2, 0.25) is 0 Å². The molecule has 2 aromatic heterocycles. The number of halogens is 3. The lowest BCUT2D eigenvalue weighted by Crippen LogP contribution is -2.44. The number of hydrogen-bond acceptors (Lipinski definition) is 5. The first-order valence-corrected chi connectivity index (χ1v) is 10.3. The summed E-state index contributed by atoms with van der Waals surface area (Å²) >= 11 is 0. The number of benzene rings is 1. The van der Waals surface area contributed by atoms with Crippen LogP contribution in [0.4, 0.5) is 19.0 Å². The van der Waals surface area contributed by atoms with E-state index in [1.165, 1.54) is 12.1 Å². The normalized spacial score (nSPS) is 14.1. The van der Waals surface area contributed by atoms with E-state index in [2.05, 4.69) is 26.3 Å². The van der Waals surface area contributed by atoms with Crippen molar-refractivity contribution in [3.8, 4) is 28.6 Å². The fourth-order valence-corrected chi connectivity index (χ4v) is 3.65. The molecule has 3 aromatic rings. The molecule has 1 saturated heterocycles. The summed E-state index contributed by atoms with van der Waals surface area (Å²) in [7, 11) is 0. The molecule has 1 amide bonds. The number of nitrogens with zero attached hydrogens (tertiary/aromatic N) is 3. The molecule has 0 aliphatic carbocycles. The molecule has 1 fully saturated rings. The zero-order valence-corrected chi connectivity index (χ0v) is 17.5. The topological polar surface area (TPSA) is 96.8 Å². The van der Waals surface area contributed by atoms with Gasteiger partial charge in [0.25, 0.3) is 5.91 Å². The first kappa shape index (κ1) is 22.4. The summed E-state index contributed by atoms with van der Waals surface area (Å²) in [6, 6.07) is 13.9. The van der Waals surface area contributed by atoms with Crippen LogP contribution in [-0.4, -0.2) is 54.8 Å². The number of H-pyrrole nitrogens is 1. The van der Waals surface area contributed by atoms with E-state index in [4.69, 9.17) is 0 Å². The highest BCUT2D eigenvalue weighted by atomic mass is 19.4. The summed E-state index contributed by atoms with van der Waals surface area (Å²) in [5.41, 5.74) is 3.66. The second-order valence-corrected chi connectivity index (χ2v) is 7.60. The highest BCUT2D eigenvalue weighted by Gasteiger charge is 2.27. The van der Waals surface area contributed by atoms with Gasteiger partial charge in [-0.25, -0.2) is 0 Å². The van der Waals surface area contributed by atoms with Gasteiger partial charge in [0.05, 0.1) is 11.3 Å². The molecular formula is C23H21F3N6O. The van der Waals surface area contributed by atoms with Crippen LogP contribution < -0.4 is 15.5 Å². The van der Waals surface area contributed by atoms with Crippen LogP contribution in [0.25, 0.3) is 22.5 Å². The molecule has 4 rings (SSSR count). The summed E-state index contributed by atoms with van der Waals surface area (Å²) in [4.78, 5) is 21.8. The number of hydrogen-bond donors (Lipinski definition) is 3.